The Kier molecular flexibility index (Phi) is 6.85. The van der Waals surface area contributed by atoms with Crippen LogP contribution in [0.2, 0.25) is 5.02 Å². The molecule has 2 rings (SSSR count). The summed E-state index contributed by atoms with van der Waals surface area (Å²) in [5.41, 5.74) is -0.987. The highest BCUT2D eigenvalue weighted by Crippen LogP contribution is 2.34. The molecule has 2 aromatic rings. The fourth-order valence-electron chi connectivity index (χ4n) is 1.90. The predicted molar refractivity (Wildman–Crippen MR) is 92.5 cm³/mol. The number of Topliss-reactive ketones (excluding diaryl/α,β-unsaturated/α-hetero) is 1. The number of hydrogen-bond donors (Lipinski definition) is 0. The van der Waals surface area contributed by atoms with Crippen LogP contribution < -0.4 is 9.47 Å². The number of ether oxygens (including phenoxy) is 3. The molecule has 0 N–H and O–H groups in total. The maximum Gasteiger partial charge on any atom is 0.417 e. The lowest BCUT2D eigenvalue weighted by Crippen LogP contribution is -2.27. The van der Waals surface area contributed by atoms with Gasteiger partial charge in [0.15, 0.2) is 11.9 Å². The zero-order valence-electron chi connectivity index (χ0n) is 14.7. The third-order valence-corrected chi connectivity index (χ3v) is 3.51. The Morgan fingerprint density at radius 1 is 1.18 bits per heavy atom. The van der Waals surface area contributed by atoms with Crippen LogP contribution in [0.1, 0.15) is 19.4 Å². The van der Waals surface area contributed by atoms with Gasteiger partial charge in [-0.05, 0) is 44.2 Å². The summed E-state index contributed by atoms with van der Waals surface area (Å²) in [5, 5.41) is -0.294. The molecule has 150 valence electrons. The molecule has 10 heteroatoms. The van der Waals surface area contributed by atoms with Crippen LogP contribution >= 0.6 is 11.6 Å². The first-order chi connectivity index (χ1) is 13.1. The lowest BCUT2D eigenvalue weighted by molar-refractivity contribution is -0.153. The molecule has 0 saturated heterocycles. The van der Waals surface area contributed by atoms with Crippen LogP contribution in [0.25, 0.3) is 0 Å². The van der Waals surface area contributed by atoms with Gasteiger partial charge in [-0.3, -0.25) is 4.79 Å². The standard InChI is InChI=1S/C18H15ClF3NO5/c1-10(24)9-26-17(25)11(2)27-13-3-5-14(6-4-13)28-16-15(19)7-12(8-23-16)18(20,21)22/h3-8,11H,9H2,1-2H3. The SMILES string of the molecule is CC(=O)COC(=O)C(C)Oc1ccc(Oc2ncc(C(F)(F)F)cc2Cl)cc1. The molecular formula is C18H15ClF3NO5. The van der Waals surface area contributed by atoms with E-state index in [0.29, 0.717) is 11.9 Å². The van der Waals surface area contributed by atoms with Gasteiger partial charge in [-0.25, -0.2) is 9.78 Å². The minimum atomic E-state index is -4.56. The van der Waals surface area contributed by atoms with Gasteiger partial charge in [-0.15, -0.1) is 0 Å². The molecular weight excluding hydrogens is 403 g/mol. The molecule has 0 aliphatic heterocycles. The molecule has 0 radical (unpaired) electrons. The number of carbonyl (C=O) groups excluding carboxylic acids is 2. The number of halogens is 4. The van der Waals surface area contributed by atoms with E-state index in [2.05, 4.69) is 4.98 Å². The van der Waals surface area contributed by atoms with Crippen LogP contribution in [0, 0.1) is 0 Å². The van der Waals surface area contributed by atoms with E-state index < -0.39 is 23.8 Å². The minimum Gasteiger partial charge on any atom is -0.479 e. The normalized spacial score (nSPS) is 12.2. The Bertz CT molecular complexity index is 855. The number of nitrogens with zero attached hydrogens (tertiary/aromatic N) is 1. The smallest absolute Gasteiger partial charge is 0.417 e. The topological polar surface area (TPSA) is 74.7 Å². The van der Waals surface area contributed by atoms with Crippen molar-refractivity contribution in [1.82, 2.24) is 4.98 Å². The zero-order chi connectivity index (χ0) is 20.9. The van der Waals surface area contributed by atoms with Crippen LogP contribution in [-0.2, 0) is 20.5 Å². The summed E-state index contributed by atoms with van der Waals surface area (Å²) in [7, 11) is 0. The highest BCUT2D eigenvalue weighted by Gasteiger charge is 2.31. The number of ketones is 1. The Morgan fingerprint density at radius 2 is 1.79 bits per heavy atom. The van der Waals surface area contributed by atoms with Crippen molar-refractivity contribution in [1.29, 1.82) is 0 Å². The van der Waals surface area contributed by atoms with Crippen molar-refractivity contribution in [3.63, 3.8) is 0 Å². The Morgan fingerprint density at radius 3 is 2.32 bits per heavy atom. The van der Waals surface area contributed by atoms with Crippen molar-refractivity contribution in [3.05, 3.63) is 47.1 Å². The van der Waals surface area contributed by atoms with E-state index in [9.17, 15) is 22.8 Å². The first-order valence-electron chi connectivity index (χ1n) is 7.89. The van der Waals surface area contributed by atoms with Crippen molar-refractivity contribution >= 4 is 23.4 Å². The fourth-order valence-corrected chi connectivity index (χ4v) is 2.10. The van der Waals surface area contributed by atoms with E-state index in [1.165, 1.54) is 38.1 Å². The van der Waals surface area contributed by atoms with E-state index >= 15 is 0 Å². The monoisotopic (exact) mass is 417 g/mol. The molecule has 1 aromatic carbocycles. The molecule has 0 aliphatic rings. The van der Waals surface area contributed by atoms with Gasteiger partial charge in [-0.2, -0.15) is 13.2 Å². The molecule has 0 saturated carbocycles. The van der Waals surface area contributed by atoms with Gasteiger partial charge in [0, 0.05) is 6.20 Å². The number of pyridine rings is 1. The van der Waals surface area contributed by atoms with E-state index in [4.69, 9.17) is 25.8 Å². The molecule has 0 aliphatic carbocycles. The fraction of sp³-hybridized carbons (Fsp3) is 0.278. The molecule has 0 bridgehead atoms. The molecule has 1 atom stereocenters. The lowest BCUT2D eigenvalue weighted by Gasteiger charge is -2.14. The van der Waals surface area contributed by atoms with Gasteiger partial charge in [0.05, 0.1) is 5.56 Å². The van der Waals surface area contributed by atoms with Gasteiger partial charge in [-0.1, -0.05) is 11.6 Å². The van der Waals surface area contributed by atoms with Gasteiger partial charge in [0.1, 0.15) is 23.1 Å². The highest BCUT2D eigenvalue weighted by molar-refractivity contribution is 6.31. The third kappa shape index (κ3) is 6.12. The number of rotatable bonds is 7. The minimum absolute atomic E-state index is 0.190. The summed E-state index contributed by atoms with van der Waals surface area (Å²) in [4.78, 5) is 26.0. The van der Waals surface area contributed by atoms with Crippen LogP contribution in [0.4, 0.5) is 13.2 Å². The summed E-state index contributed by atoms with van der Waals surface area (Å²) >= 11 is 5.78. The molecule has 1 unspecified atom stereocenters. The largest absolute Gasteiger partial charge is 0.479 e. The summed E-state index contributed by atoms with van der Waals surface area (Å²) in [6.45, 7) is 2.41. The van der Waals surface area contributed by atoms with Gasteiger partial charge in [0.25, 0.3) is 0 Å². The van der Waals surface area contributed by atoms with E-state index in [1.54, 1.807) is 0 Å². The van der Waals surface area contributed by atoms with Crippen LogP contribution in [0.3, 0.4) is 0 Å². The van der Waals surface area contributed by atoms with Gasteiger partial charge >= 0.3 is 12.1 Å². The van der Waals surface area contributed by atoms with Crippen molar-refractivity contribution in [2.45, 2.75) is 26.1 Å². The molecule has 28 heavy (non-hydrogen) atoms. The summed E-state index contributed by atoms with van der Waals surface area (Å²) in [5.74, 6) is -0.627. The molecule has 0 fully saturated rings. The number of alkyl halides is 3. The number of aromatic nitrogens is 1. The second-order valence-electron chi connectivity index (χ2n) is 5.65. The molecule has 1 aromatic heterocycles. The van der Waals surface area contributed by atoms with E-state index in [1.807, 2.05) is 0 Å². The Labute approximate surface area is 163 Å². The van der Waals surface area contributed by atoms with Crippen molar-refractivity contribution in [2.75, 3.05) is 6.61 Å². The predicted octanol–water partition coefficient (Wildman–Crippen LogP) is 4.45. The van der Waals surface area contributed by atoms with Gasteiger partial charge in [0.2, 0.25) is 5.88 Å². The van der Waals surface area contributed by atoms with E-state index in [-0.39, 0.29) is 29.0 Å². The summed E-state index contributed by atoms with van der Waals surface area (Å²) in [6.07, 6.45) is -4.89. The molecule has 6 nitrogen and oxygen atoms in total. The number of carbonyl (C=O) groups is 2. The lowest BCUT2D eigenvalue weighted by atomic mass is 10.3. The highest BCUT2D eigenvalue weighted by atomic mass is 35.5. The third-order valence-electron chi connectivity index (χ3n) is 3.24. The van der Waals surface area contributed by atoms with E-state index in [0.717, 1.165) is 6.07 Å². The second kappa shape index (κ2) is 8.92. The first kappa shape index (κ1) is 21.5. The summed E-state index contributed by atoms with van der Waals surface area (Å²) in [6, 6.07) is 6.58. The quantitative estimate of drug-likeness (QED) is 0.620. The Balaban J connectivity index is 1.99. The first-order valence-corrected chi connectivity index (χ1v) is 8.27. The van der Waals surface area contributed by atoms with Crippen molar-refractivity contribution < 1.29 is 37.0 Å². The van der Waals surface area contributed by atoms with Crippen LogP contribution in [0.15, 0.2) is 36.5 Å². The summed E-state index contributed by atoms with van der Waals surface area (Å²) < 4.78 is 53.3. The molecule has 0 spiro atoms. The molecule has 0 amide bonds. The average molecular weight is 418 g/mol. The van der Waals surface area contributed by atoms with Gasteiger partial charge < -0.3 is 14.2 Å². The number of hydrogen-bond acceptors (Lipinski definition) is 6. The van der Waals surface area contributed by atoms with Crippen LogP contribution in [-0.4, -0.2) is 29.4 Å². The average Bonchev–Trinajstić information content (AvgIpc) is 2.62. The zero-order valence-corrected chi connectivity index (χ0v) is 15.5. The molecule has 1 heterocycles. The van der Waals surface area contributed by atoms with Crippen LogP contribution in [0.5, 0.6) is 17.4 Å². The number of benzene rings is 1. The second-order valence-corrected chi connectivity index (χ2v) is 6.06. The van der Waals surface area contributed by atoms with Crippen molar-refractivity contribution in [2.24, 2.45) is 0 Å². The maximum absolute atomic E-state index is 12.6. The maximum atomic E-state index is 12.6. The number of esters is 1. The Hall–Kier alpha value is -2.81. The van der Waals surface area contributed by atoms with Crippen molar-refractivity contribution in [3.8, 4) is 17.4 Å².